The number of hydrogen-bond donors (Lipinski definition) is 0. The fourth-order valence-electron chi connectivity index (χ4n) is 2.34. The number of aromatic nitrogens is 3. The van der Waals surface area contributed by atoms with Crippen LogP contribution in [-0.4, -0.2) is 15.0 Å². The van der Waals surface area contributed by atoms with Crippen molar-refractivity contribution in [1.29, 1.82) is 0 Å². The summed E-state index contributed by atoms with van der Waals surface area (Å²) in [6.45, 7) is 6.14. The Morgan fingerprint density at radius 3 is 2.33 bits per heavy atom. The van der Waals surface area contributed by atoms with Gasteiger partial charge in [-0.25, -0.2) is 15.0 Å². The highest BCUT2D eigenvalue weighted by Gasteiger charge is 2.10. The first-order valence-corrected chi connectivity index (χ1v) is 6.99. The van der Waals surface area contributed by atoms with Crippen molar-refractivity contribution < 1.29 is 0 Å². The fourth-order valence-corrected chi connectivity index (χ4v) is 2.34. The predicted molar refractivity (Wildman–Crippen MR) is 84.9 cm³/mol. The molecule has 3 nitrogen and oxygen atoms in total. The lowest BCUT2D eigenvalue weighted by Crippen LogP contribution is -1.97. The third kappa shape index (κ3) is 2.68. The minimum Gasteiger partial charge on any atom is -0.244 e. The van der Waals surface area contributed by atoms with Gasteiger partial charge in [0, 0.05) is 17.5 Å². The molecule has 2 aromatic heterocycles. The van der Waals surface area contributed by atoms with Gasteiger partial charge in [0.05, 0.1) is 5.69 Å². The van der Waals surface area contributed by atoms with Gasteiger partial charge in [-0.15, -0.1) is 0 Å². The van der Waals surface area contributed by atoms with Crippen LogP contribution in [0, 0.1) is 20.8 Å². The molecule has 0 radical (unpaired) electrons. The highest BCUT2D eigenvalue weighted by atomic mass is 14.9. The quantitative estimate of drug-likeness (QED) is 0.705. The van der Waals surface area contributed by atoms with Crippen molar-refractivity contribution in [3.05, 3.63) is 65.5 Å². The molecule has 1 aromatic carbocycles. The average molecular weight is 275 g/mol. The predicted octanol–water partition coefficient (Wildman–Crippen LogP) is 4.13. The highest BCUT2D eigenvalue weighted by Crippen LogP contribution is 2.26. The van der Waals surface area contributed by atoms with Crippen molar-refractivity contribution in [3.8, 4) is 22.8 Å². The van der Waals surface area contributed by atoms with E-state index in [-0.39, 0.29) is 0 Å². The van der Waals surface area contributed by atoms with Crippen LogP contribution < -0.4 is 0 Å². The van der Waals surface area contributed by atoms with Crippen LogP contribution in [0.1, 0.15) is 16.8 Å². The molecule has 0 amide bonds. The Balaban J connectivity index is 2.15. The van der Waals surface area contributed by atoms with Gasteiger partial charge >= 0.3 is 0 Å². The number of benzene rings is 1. The molecule has 0 unspecified atom stereocenters. The van der Waals surface area contributed by atoms with E-state index in [4.69, 9.17) is 4.98 Å². The van der Waals surface area contributed by atoms with Crippen molar-refractivity contribution in [1.82, 2.24) is 15.0 Å². The number of nitrogens with zero attached hydrogens (tertiary/aromatic N) is 3. The van der Waals surface area contributed by atoms with Gasteiger partial charge in [0.1, 0.15) is 5.69 Å². The number of pyridine rings is 1. The molecule has 0 bridgehead atoms. The van der Waals surface area contributed by atoms with Crippen LogP contribution in [0.25, 0.3) is 22.8 Å². The first kappa shape index (κ1) is 13.4. The van der Waals surface area contributed by atoms with Gasteiger partial charge in [0.25, 0.3) is 0 Å². The first-order valence-electron chi connectivity index (χ1n) is 6.99. The number of hydrogen-bond acceptors (Lipinski definition) is 3. The monoisotopic (exact) mass is 275 g/mol. The topological polar surface area (TPSA) is 38.7 Å². The molecule has 0 atom stereocenters. The first-order chi connectivity index (χ1) is 10.1. The third-order valence-corrected chi connectivity index (χ3v) is 3.52. The van der Waals surface area contributed by atoms with E-state index in [2.05, 4.69) is 42.0 Å². The summed E-state index contributed by atoms with van der Waals surface area (Å²) in [6, 6.07) is 14.2. The Hall–Kier alpha value is -2.55. The summed E-state index contributed by atoms with van der Waals surface area (Å²) in [4.78, 5) is 13.6. The van der Waals surface area contributed by atoms with E-state index < -0.39 is 0 Å². The average Bonchev–Trinajstić information content (AvgIpc) is 2.49. The van der Waals surface area contributed by atoms with Crippen LogP contribution >= 0.6 is 0 Å². The number of rotatable bonds is 2. The Kier molecular flexibility index (Phi) is 3.48. The molecule has 21 heavy (non-hydrogen) atoms. The molecule has 2 heterocycles. The maximum Gasteiger partial charge on any atom is 0.178 e. The minimum atomic E-state index is 0.671. The summed E-state index contributed by atoms with van der Waals surface area (Å²) in [6.07, 6.45) is 1.77. The summed E-state index contributed by atoms with van der Waals surface area (Å²) >= 11 is 0. The second-order valence-electron chi connectivity index (χ2n) is 5.20. The van der Waals surface area contributed by atoms with Gasteiger partial charge in [0.2, 0.25) is 0 Å². The third-order valence-electron chi connectivity index (χ3n) is 3.52. The normalized spacial score (nSPS) is 10.6. The maximum absolute atomic E-state index is 4.79. The lowest BCUT2D eigenvalue weighted by Gasteiger charge is -2.10. The summed E-state index contributed by atoms with van der Waals surface area (Å²) in [5.74, 6) is 0.671. The maximum atomic E-state index is 4.79. The van der Waals surface area contributed by atoms with Crippen LogP contribution in [0.4, 0.5) is 0 Å². The van der Waals surface area contributed by atoms with Crippen molar-refractivity contribution in [2.45, 2.75) is 20.8 Å². The Bertz CT molecular complexity index is 794. The SMILES string of the molecule is Cc1ccnc(-c2ccc(C)c(-c3ccccc3C)n2)n1. The van der Waals surface area contributed by atoms with Gasteiger partial charge in [-0.05, 0) is 44.0 Å². The molecule has 0 saturated carbocycles. The van der Waals surface area contributed by atoms with Gasteiger partial charge < -0.3 is 0 Å². The molecular formula is C18H17N3. The van der Waals surface area contributed by atoms with Gasteiger partial charge in [-0.3, -0.25) is 0 Å². The van der Waals surface area contributed by atoms with Crippen LogP contribution in [0.2, 0.25) is 0 Å². The highest BCUT2D eigenvalue weighted by molar-refractivity contribution is 5.69. The number of aryl methyl sites for hydroxylation is 3. The lowest BCUT2D eigenvalue weighted by atomic mass is 10.0. The summed E-state index contributed by atoms with van der Waals surface area (Å²) in [5.41, 5.74) is 6.28. The minimum absolute atomic E-state index is 0.671. The smallest absolute Gasteiger partial charge is 0.178 e. The van der Waals surface area contributed by atoms with E-state index in [0.29, 0.717) is 5.82 Å². The summed E-state index contributed by atoms with van der Waals surface area (Å²) in [5, 5.41) is 0. The van der Waals surface area contributed by atoms with E-state index in [9.17, 15) is 0 Å². The van der Waals surface area contributed by atoms with Crippen LogP contribution in [0.5, 0.6) is 0 Å². The van der Waals surface area contributed by atoms with Crippen molar-refractivity contribution in [2.75, 3.05) is 0 Å². The fraction of sp³-hybridized carbons (Fsp3) is 0.167. The Labute approximate surface area is 124 Å². The van der Waals surface area contributed by atoms with E-state index in [1.165, 1.54) is 5.56 Å². The van der Waals surface area contributed by atoms with Crippen LogP contribution in [0.15, 0.2) is 48.7 Å². The summed E-state index contributed by atoms with van der Waals surface area (Å²) < 4.78 is 0. The zero-order valence-corrected chi connectivity index (χ0v) is 12.5. The standard InChI is InChI=1S/C18H17N3/c1-12-6-4-5-7-15(12)17-13(2)8-9-16(21-17)18-19-11-10-14(3)20-18/h4-11H,1-3H3. The molecule has 0 fully saturated rings. The molecular weight excluding hydrogens is 258 g/mol. The van der Waals surface area contributed by atoms with Crippen molar-refractivity contribution >= 4 is 0 Å². The molecule has 0 aliphatic rings. The van der Waals surface area contributed by atoms with Gasteiger partial charge in [-0.1, -0.05) is 30.3 Å². The van der Waals surface area contributed by atoms with Crippen LogP contribution in [-0.2, 0) is 0 Å². The molecule has 0 spiro atoms. The molecule has 3 rings (SSSR count). The molecule has 0 saturated heterocycles. The lowest BCUT2D eigenvalue weighted by molar-refractivity contribution is 1.09. The molecule has 0 aliphatic heterocycles. The van der Waals surface area contributed by atoms with Gasteiger partial charge in [0.15, 0.2) is 5.82 Å². The second kappa shape index (κ2) is 5.44. The largest absolute Gasteiger partial charge is 0.244 e. The van der Waals surface area contributed by atoms with E-state index in [1.54, 1.807) is 6.20 Å². The molecule has 104 valence electrons. The molecule has 0 N–H and O–H groups in total. The Morgan fingerprint density at radius 2 is 1.57 bits per heavy atom. The van der Waals surface area contributed by atoms with Gasteiger partial charge in [-0.2, -0.15) is 0 Å². The molecule has 0 aliphatic carbocycles. The zero-order valence-electron chi connectivity index (χ0n) is 12.5. The second-order valence-corrected chi connectivity index (χ2v) is 5.20. The van der Waals surface area contributed by atoms with Crippen LogP contribution in [0.3, 0.4) is 0 Å². The summed E-state index contributed by atoms with van der Waals surface area (Å²) in [7, 11) is 0. The van der Waals surface area contributed by atoms with E-state index >= 15 is 0 Å². The van der Waals surface area contributed by atoms with E-state index in [0.717, 1.165) is 28.2 Å². The Morgan fingerprint density at radius 1 is 0.762 bits per heavy atom. The van der Waals surface area contributed by atoms with E-state index in [1.807, 2.05) is 31.2 Å². The zero-order chi connectivity index (χ0) is 14.8. The molecule has 3 aromatic rings. The van der Waals surface area contributed by atoms with Crippen molar-refractivity contribution in [2.24, 2.45) is 0 Å². The molecule has 3 heteroatoms. The van der Waals surface area contributed by atoms with Crippen molar-refractivity contribution in [3.63, 3.8) is 0 Å².